The van der Waals surface area contributed by atoms with E-state index in [0.29, 0.717) is 11.4 Å². The van der Waals surface area contributed by atoms with Gasteiger partial charge in [0.1, 0.15) is 11.6 Å². The van der Waals surface area contributed by atoms with E-state index in [1.54, 1.807) is 31.2 Å². The van der Waals surface area contributed by atoms with Crippen LogP contribution >= 0.6 is 11.6 Å². The number of halogens is 2. The Labute approximate surface area is 169 Å². The third-order valence-corrected chi connectivity index (χ3v) is 6.57. The molecule has 0 unspecified atom stereocenters. The summed E-state index contributed by atoms with van der Waals surface area (Å²) in [7, 11) is -2.53. The average molecular weight is 420 g/mol. The maximum absolute atomic E-state index is 13.6. The van der Waals surface area contributed by atoms with Crippen molar-refractivity contribution in [3.63, 3.8) is 0 Å². The third kappa shape index (κ3) is 3.98. The Morgan fingerprint density at radius 2 is 1.71 bits per heavy atom. The van der Waals surface area contributed by atoms with Crippen LogP contribution in [-0.2, 0) is 10.0 Å². The van der Waals surface area contributed by atoms with Crippen LogP contribution in [0.4, 0.5) is 10.1 Å². The topological polar surface area (TPSA) is 46.6 Å². The fraction of sp³-hybridized carbons (Fsp3) is 0.143. The highest BCUT2D eigenvalue weighted by Gasteiger charge is 2.31. The lowest BCUT2D eigenvalue weighted by atomic mass is 10.1. The highest BCUT2D eigenvalue weighted by atomic mass is 35.5. The summed E-state index contributed by atoms with van der Waals surface area (Å²) in [5.41, 5.74) is 1.23. The number of ether oxygens (including phenoxy) is 1. The molecule has 0 radical (unpaired) electrons. The van der Waals surface area contributed by atoms with E-state index in [1.807, 2.05) is 30.3 Å². The van der Waals surface area contributed by atoms with E-state index in [-0.39, 0.29) is 9.92 Å². The normalized spacial score (nSPS) is 12.4. The monoisotopic (exact) mass is 419 g/mol. The maximum Gasteiger partial charge on any atom is 0.264 e. The van der Waals surface area contributed by atoms with E-state index >= 15 is 0 Å². The van der Waals surface area contributed by atoms with Gasteiger partial charge in [0.15, 0.2) is 0 Å². The molecule has 0 fully saturated rings. The van der Waals surface area contributed by atoms with Crippen LogP contribution in [0, 0.1) is 5.82 Å². The molecular weight excluding hydrogens is 401 g/mol. The number of benzene rings is 3. The van der Waals surface area contributed by atoms with Crippen LogP contribution in [0.1, 0.15) is 18.5 Å². The van der Waals surface area contributed by atoms with Gasteiger partial charge in [-0.05, 0) is 42.8 Å². The standard InChI is InChI=1S/C21H19ClFNO3S/c1-15(16-7-4-3-5-8-16)24(17-9-6-10-18(13-17)27-2)28(25,26)19-11-12-21(23)20(22)14-19/h3-15H,1-2H3/t15-/m1/s1. The maximum atomic E-state index is 13.6. The second-order valence-corrected chi connectivity index (χ2v) is 8.39. The van der Waals surface area contributed by atoms with E-state index in [2.05, 4.69) is 0 Å². The van der Waals surface area contributed by atoms with E-state index in [0.717, 1.165) is 17.7 Å². The van der Waals surface area contributed by atoms with Gasteiger partial charge in [0.25, 0.3) is 10.0 Å². The summed E-state index contributed by atoms with van der Waals surface area (Å²) >= 11 is 5.84. The van der Waals surface area contributed by atoms with E-state index in [4.69, 9.17) is 16.3 Å². The number of hydrogen-bond acceptors (Lipinski definition) is 3. The highest BCUT2D eigenvalue weighted by Crippen LogP contribution is 2.35. The Hall–Kier alpha value is -2.57. The van der Waals surface area contributed by atoms with Crippen molar-refractivity contribution in [1.82, 2.24) is 0 Å². The van der Waals surface area contributed by atoms with Crippen LogP contribution in [0.15, 0.2) is 77.7 Å². The van der Waals surface area contributed by atoms with Gasteiger partial charge in [0.2, 0.25) is 0 Å². The summed E-state index contributed by atoms with van der Waals surface area (Å²) in [5.74, 6) is -0.153. The Bertz CT molecular complexity index is 1070. The van der Waals surface area contributed by atoms with Gasteiger partial charge in [0, 0.05) is 6.07 Å². The van der Waals surface area contributed by atoms with Crippen molar-refractivity contribution < 1.29 is 17.5 Å². The van der Waals surface area contributed by atoms with Gasteiger partial charge in [-0.2, -0.15) is 0 Å². The van der Waals surface area contributed by atoms with E-state index in [9.17, 15) is 12.8 Å². The Morgan fingerprint density at radius 3 is 2.36 bits per heavy atom. The SMILES string of the molecule is COc1cccc(N([C@H](C)c2ccccc2)S(=O)(=O)c2ccc(F)c(Cl)c2)c1. The molecule has 3 aromatic carbocycles. The van der Waals surface area contributed by atoms with Gasteiger partial charge >= 0.3 is 0 Å². The molecule has 4 nitrogen and oxygen atoms in total. The lowest BCUT2D eigenvalue weighted by Gasteiger charge is -2.31. The highest BCUT2D eigenvalue weighted by molar-refractivity contribution is 7.92. The van der Waals surface area contributed by atoms with Gasteiger partial charge in [-0.1, -0.05) is 48.0 Å². The third-order valence-electron chi connectivity index (χ3n) is 4.39. The molecule has 3 aromatic rings. The Kier molecular flexibility index (Phi) is 5.91. The summed E-state index contributed by atoms with van der Waals surface area (Å²) < 4.78 is 47.1. The molecule has 0 saturated heterocycles. The second-order valence-electron chi connectivity index (χ2n) is 6.16. The molecule has 0 aliphatic rings. The molecule has 0 amide bonds. The molecule has 0 aliphatic heterocycles. The molecule has 28 heavy (non-hydrogen) atoms. The number of nitrogens with zero attached hydrogens (tertiary/aromatic N) is 1. The zero-order valence-electron chi connectivity index (χ0n) is 15.3. The molecule has 146 valence electrons. The molecule has 3 rings (SSSR count). The van der Waals surface area contributed by atoms with Gasteiger partial charge < -0.3 is 4.74 Å². The molecule has 0 saturated carbocycles. The molecular formula is C21H19ClFNO3S. The van der Waals surface area contributed by atoms with Gasteiger partial charge in [0.05, 0.1) is 28.8 Å². The van der Waals surface area contributed by atoms with Crippen molar-refractivity contribution in [2.24, 2.45) is 0 Å². The molecule has 1 atom stereocenters. The number of anilines is 1. The van der Waals surface area contributed by atoms with Crippen LogP contribution in [0.25, 0.3) is 0 Å². The summed E-state index contributed by atoms with van der Waals surface area (Å²) in [6.07, 6.45) is 0. The van der Waals surface area contributed by atoms with Crippen molar-refractivity contribution in [3.05, 3.63) is 89.2 Å². The minimum atomic E-state index is -4.04. The summed E-state index contributed by atoms with van der Waals surface area (Å²) in [6.45, 7) is 1.79. The van der Waals surface area contributed by atoms with E-state index < -0.39 is 21.9 Å². The molecule has 7 heteroatoms. The number of hydrogen-bond donors (Lipinski definition) is 0. The molecule has 0 aliphatic carbocycles. The average Bonchev–Trinajstić information content (AvgIpc) is 2.70. The predicted molar refractivity (Wildman–Crippen MR) is 109 cm³/mol. The summed E-state index contributed by atoms with van der Waals surface area (Å²) in [5, 5.41) is -0.251. The van der Waals surface area contributed by atoms with Crippen LogP contribution in [0.5, 0.6) is 5.75 Å². The van der Waals surface area contributed by atoms with E-state index in [1.165, 1.54) is 17.5 Å². The van der Waals surface area contributed by atoms with Crippen LogP contribution in [0.3, 0.4) is 0 Å². The Morgan fingerprint density at radius 1 is 1.00 bits per heavy atom. The zero-order chi connectivity index (χ0) is 20.3. The molecule has 0 bridgehead atoms. The minimum Gasteiger partial charge on any atom is -0.497 e. The quantitative estimate of drug-likeness (QED) is 0.534. The lowest BCUT2D eigenvalue weighted by Crippen LogP contribution is -2.33. The minimum absolute atomic E-state index is 0.0931. The second kappa shape index (κ2) is 8.20. The number of methoxy groups -OCH3 is 1. The summed E-state index contributed by atoms with van der Waals surface area (Å²) in [4.78, 5) is -0.0931. The fourth-order valence-electron chi connectivity index (χ4n) is 2.94. The molecule has 0 spiro atoms. The number of rotatable bonds is 6. The van der Waals surface area contributed by atoms with Crippen molar-refractivity contribution in [1.29, 1.82) is 0 Å². The zero-order valence-corrected chi connectivity index (χ0v) is 16.9. The van der Waals surface area contributed by atoms with Crippen molar-refractivity contribution >= 4 is 27.3 Å². The van der Waals surface area contributed by atoms with Crippen molar-refractivity contribution in [3.8, 4) is 5.75 Å². The first-order valence-corrected chi connectivity index (χ1v) is 10.3. The molecule has 0 aromatic heterocycles. The van der Waals surface area contributed by atoms with Gasteiger partial charge in [-0.15, -0.1) is 0 Å². The predicted octanol–water partition coefficient (Wildman–Crippen LogP) is 5.44. The van der Waals surface area contributed by atoms with Gasteiger partial charge in [-0.25, -0.2) is 12.8 Å². The first kappa shape index (κ1) is 20.2. The fourth-order valence-corrected chi connectivity index (χ4v) is 4.84. The van der Waals surface area contributed by atoms with Crippen LogP contribution < -0.4 is 9.04 Å². The molecule has 0 heterocycles. The van der Waals surface area contributed by atoms with Gasteiger partial charge in [-0.3, -0.25) is 4.31 Å². The first-order valence-electron chi connectivity index (χ1n) is 8.53. The first-order chi connectivity index (χ1) is 13.3. The Balaban J connectivity index is 2.18. The smallest absolute Gasteiger partial charge is 0.264 e. The molecule has 0 N–H and O–H groups in total. The van der Waals surface area contributed by atoms with Crippen LogP contribution in [0.2, 0.25) is 5.02 Å². The largest absolute Gasteiger partial charge is 0.497 e. The van der Waals surface area contributed by atoms with Crippen molar-refractivity contribution in [2.75, 3.05) is 11.4 Å². The van der Waals surface area contributed by atoms with Crippen LogP contribution in [-0.4, -0.2) is 15.5 Å². The van der Waals surface area contributed by atoms with Crippen molar-refractivity contribution in [2.45, 2.75) is 17.9 Å². The number of sulfonamides is 1. The lowest BCUT2D eigenvalue weighted by molar-refractivity contribution is 0.415. The summed E-state index contributed by atoms with van der Waals surface area (Å²) in [6, 6.07) is 18.9.